The molecular formula is C17H21FN2O2. The number of rotatable bonds is 5. The van der Waals surface area contributed by atoms with Crippen molar-refractivity contribution in [3.05, 3.63) is 35.8 Å². The molecular weight excluding hydrogens is 283 g/mol. The van der Waals surface area contributed by atoms with Crippen LogP contribution in [0.4, 0.5) is 10.1 Å². The number of hydrogen-bond donors (Lipinski definition) is 1. The van der Waals surface area contributed by atoms with Crippen LogP contribution in [0.2, 0.25) is 0 Å². The van der Waals surface area contributed by atoms with E-state index in [1.165, 1.54) is 6.07 Å². The largest absolute Gasteiger partial charge is 0.380 e. The molecule has 0 saturated carbocycles. The Morgan fingerprint density at radius 3 is 3.14 bits per heavy atom. The summed E-state index contributed by atoms with van der Waals surface area (Å²) in [6, 6.07) is 7.08. The van der Waals surface area contributed by atoms with Gasteiger partial charge in [0.1, 0.15) is 11.3 Å². The summed E-state index contributed by atoms with van der Waals surface area (Å²) in [5.74, 6) is -0.295. The molecule has 1 N–H and O–H groups in total. The van der Waals surface area contributed by atoms with E-state index in [-0.39, 0.29) is 18.0 Å². The normalized spacial score (nSPS) is 19.5. The highest BCUT2D eigenvalue weighted by atomic mass is 19.1. The van der Waals surface area contributed by atoms with Gasteiger partial charge in [0, 0.05) is 29.4 Å². The van der Waals surface area contributed by atoms with Crippen molar-refractivity contribution in [2.45, 2.75) is 32.4 Å². The Bertz CT molecular complexity index is 656. The van der Waals surface area contributed by atoms with E-state index in [0.29, 0.717) is 18.7 Å². The van der Waals surface area contributed by atoms with Crippen LogP contribution in [0.1, 0.15) is 19.0 Å². The summed E-state index contributed by atoms with van der Waals surface area (Å²) >= 11 is 0. The van der Waals surface area contributed by atoms with Gasteiger partial charge in [-0.25, -0.2) is 9.37 Å². The van der Waals surface area contributed by atoms with Crippen LogP contribution in [0.3, 0.4) is 0 Å². The van der Waals surface area contributed by atoms with Gasteiger partial charge in [-0.3, -0.25) is 0 Å². The van der Waals surface area contributed by atoms with Crippen molar-refractivity contribution in [2.75, 3.05) is 25.1 Å². The van der Waals surface area contributed by atoms with E-state index in [0.717, 1.165) is 29.8 Å². The number of anilines is 1. The van der Waals surface area contributed by atoms with E-state index in [2.05, 4.69) is 17.2 Å². The molecule has 0 amide bonds. The molecule has 22 heavy (non-hydrogen) atoms. The Balaban J connectivity index is 1.73. The molecule has 2 aromatic rings. The van der Waals surface area contributed by atoms with Gasteiger partial charge in [-0.1, -0.05) is 12.1 Å². The number of hydrogen-bond acceptors (Lipinski definition) is 4. The lowest BCUT2D eigenvalue weighted by atomic mass is 10.1. The highest BCUT2D eigenvalue weighted by molar-refractivity contribution is 5.91. The number of para-hydroxylation sites is 1. The van der Waals surface area contributed by atoms with Crippen LogP contribution in [0.25, 0.3) is 10.9 Å². The third-order valence-electron chi connectivity index (χ3n) is 3.79. The molecule has 2 unspecified atom stereocenters. The van der Waals surface area contributed by atoms with Crippen LogP contribution in [0.15, 0.2) is 24.3 Å². The number of fused-ring (bicyclic) bond motifs is 1. The first kappa shape index (κ1) is 15.2. The van der Waals surface area contributed by atoms with Crippen LogP contribution in [0.5, 0.6) is 0 Å². The molecule has 0 bridgehead atoms. The molecule has 0 aliphatic carbocycles. The van der Waals surface area contributed by atoms with E-state index in [9.17, 15) is 4.39 Å². The number of ether oxygens (including phenoxy) is 2. The maximum Gasteiger partial charge on any atom is 0.149 e. The standard InChI is InChI=1S/C17H21FN2O2/c1-11-8-16(14-4-3-5-15(18)17(14)20-11)19-12(2)9-22-13-6-7-21-10-13/h3-5,8,12-13H,6-7,9-10H2,1-2H3,(H,19,20). The van der Waals surface area contributed by atoms with Crippen LogP contribution in [-0.4, -0.2) is 37.0 Å². The molecule has 118 valence electrons. The Morgan fingerprint density at radius 1 is 1.50 bits per heavy atom. The molecule has 1 aliphatic heterocycles. The fraction of sp³-hybridized carbons (Fsp3) is 0.471. The molecule has 1 saturated heterocycles. The molecule has 3 rings (SSSR count). The number of aryl methyl sites for hydroxylation is 1. The summed E-state index contributed by atoms with van der Waals surface area (Å²) in [6.07, 6.45) is 1.15. The van der Waals surface area contributed by atoms with Crippen molar-refractivity contribution >= 4 is 16.6 Å². The predicted octanol–water partition coefficient (Wildman–Crippen LogP) is 3.29. The Kier molecular flexibility index (Phi) is 4.55. The maximum atomic E-state index is 13.9. The molecule has 1 aromatic heterocycles. The summed E-state index contributed by atoms with van der Waals surface area (Å²) in [5.41, 5.74) is 2.08. The minimum atomic E-state index is -0.295. The molecule has 1 aliphatic rings. The first-order valence-corrected chi connectivity index (χ1v) is 7.65. The van der Waals surface area contributed by atoms with Crippen molar-refractivity contribution in [1.82, 2.24) is 4.98 Å². The van der Waals surface area contributed by atoms with Gasteiger partial charge in [0.05, 0.1) is 19.3 Å². The Morgan fingerprint density at radius 2 is 2.36 bits per heavy atom. The zero-order chi connectivity index (χ0) is 15.5. The third kappa shape index (κ3) is 3.36. The molecule has 0 radical (unpaired) electrons. The van der Waals surface area contributed by atoms with E-state index in [4.69, 9.17) is 9.47 Å². The summed E-state index contributed by atoms with van der Waals surface area (Å²) in [4.78, 5) is 4.29. The molecule has 2 heterocycles. The van der Waals surface area contributed by atoms with Gasteiger partial charge in [-0.2, -0.15) is 0 Å². The molecule has 1 fully saturated rings. The lowest BCUT2D eigenvalue weighted by molar-refractivity contribution is 0.0395. The SMILES string of the molecule is Cc1cc(NC(C)COC2CCOC2)c2cccc(F)c2n1. The number of nitrogens with zero attached hydrogens (tertiary/aromatic N) is 1. The van der Waals surface area contributed by atoms with Gasteiger partial charge < -0.3 is 14.8 Å². The first-order valence-electron chi connectivity index (χ1n) is 7.65. The quantitative estimate of drug-likeness (QED) is 0.920. The lowest BCUT2D eigenvalue weighted by Crippen LogP contribution is -2.26. The van der Waals surface area contributed by atoms with Gasteiger partial charge in [-0.15, -0.1) is 0 Å². The first-order chi connectivity index (χ1) is 10.6. The van der Waals surface area contributed by atoms with Crippen LogP contribution in [-0.2, 0) is 9.47 Å². The van der Waals surface area contributed by atoms with Crippen molar-refractivity contribution in [1.29, 1.82) is 0 Å². The van der Waals surface area contributed by atoms with Crippen LogP contribution >= 0.6 is 0 Å². The van der Waals surface area contributed by atoms with E-state index < -0.39 is 0 Å². The van der Waals surface area contributed by atoms with Crippen molar-refractivity contribution in [2.24, 2.45) is 0 Å². The zero-order valence-electron chi connectivity index (χ0n) is 12.9. The number of aromatic nitrogens is 1. The fourth-order valence-electron chi connectivity index (χ4n) is 2.69. The average molecular weight is 304 g/mol. The maximum absolute atomic E-state index is 13.9. The Hall–Kier alpha value is -1.72. The molecule has 4 nitrogen and oxygen atoms in total. The fourth-order valence-corrected chi connectivity index (χ4v) is 2.69. The van der Waals surface area contributed by atoms with Gasteiger partial charge in [0.15, 0.2) is 0 Å². The van der Waals surface area contributed by atoms with Crippen molar-refractivity contribution in [3.8, 4) is 0 Å². The summed E-state index contributed by atoms with van der Waals surface area (Å²) in [6.45, 7) is 5.96. The third-order valence-corrected chi connectivity index (χ3v) is 3.79. The monoisotopic (exact) mass is 304 g/mol. The van der Waals surface area contributed by atoms with E-state index >= 15 is 0 Å². The second kappa shape index (κ2) is 6.58. The van der Waals surface area contributed by atoms with Gasteiger partial charge in [-0.05, 0) is 32.4 Å². The topological polar surface area (TPSA) is 43.4 Å². The minimum Gasteiger partial charge on any atom is -0.380 e. The number of benzene rings is 1. The van der Waals surface area contributed by atoms with E-state index in [1.54, 1.807) is 6.07 Å². The smallest absolute Gasteiger partial charge is 0.149 e. The lowest BCUT2D eigenvalue weighted by Gasteiger charge is -2.19. The second-order valence-electron chi connectivity index (χ2n) is 5.81. The van der Waals surface area contributed by atoms with Crippen molar-refractivity contribution in [3.63, 3.8) is 0 Å². The molecule has 0 spiro atoms. The molecule has 2 atom stereocenters. The van der Waals surface area contributed by atoms with Crippen LogP contribution in [0, 0.1) is 12.7 Å². The highest BCUT2D eigenvalue weighted by Crippen LogP contribution is 2.25. The zero-order valence-corrected chi connectivity index (χ0v) is 12.9. The van der Waals surface area contributed by atoms with Gasteiger partial charge in [0.25, 0.3) is 0 Å². The second-order valence-corrected chi connectivity index (χ2v) is 5.81. The highest BCUT2D eigenvalue weighted by Gasteiger charge is 2.17. The average Bonchev–Trinajstić information content (AvgIpc) is 3.00. The molecule has 1 aromatic carbocycles. The summed E-state index contributed by atoms with van der Waals surface area (Å²) in [5, 5.41) is 4.20. The van der Waals surface area contributed by atoms with Crippen molar-refractivity contribution < 1.29 is 13.9 Å². The Labute approximate surface area is 129 Å². The van der Waals surface area contributed by atoms with E-state index in [1.807, 2.05) is 19.1 Å². The number of halogens is 1. The molecule has 5 heteroatoms. The van der Waals surface area contributed by atoms with Crippen LogP contribution < -0.4 is 5.32 Å². The van der Waals surface area contributed by atoms with Gasteiger partial charge in [0.2, 0.25) is 0 Å². The summed E-state index contributed by atoms with van der Waals surface area (Å²) < 4.78 is 25.0. The summed E-state index contributed by atoms with van der Waals surface area (Å²) in [7, 11) is 0. The predicted molar refractivity (Wildman–Crippen MR) is 84.7 cm³/mol. The van der Waals surface area contributed by atoms with Gasteiger partial charge >= 0.3 is 0 Å². The minimum absolute atomic E-state index is 0.119. The number of nitrogens with one attached hydrogen (secondary N) is 1. The number of pyridine rings is 1.